The van der Waals surface area contributed by atoms with Crippen molar-refractivity contribution in [3.05, 3.63) is 24.8 Å². The molecule has 146 valence electrons. The van der Waals surface area contributed by atoms with Crippen LogP contribution < -0.4 is 0 Å². The quantitative estimate of drug-likeness (QED) is 0.269. The van der Waals surface area contributed by atoms with Crippen LogP contribution in [-0.2, 0) is 28.5 Å². The Morgan fingerprint density at radius 1 is 0.840 bits per heavy atom. The van der Waals surface area contributed by atoms with Crippen LogP contribution in [-0.4, -0.2) is 51.6 Å². The molecule has 0 aliphatic rings. The summed E-state index contributed by atoms with van der Waals surface area (Å²) < 4.78 is 19.9. The van der Waals surface area contributed by atoms with Gasteiger partial charge in [0.25, 0.3) is 0 Å². The van der Waals surface area contributed by atoms with Crippen molar-refractivity contribution in [1.29, 1.82) is 0 Å². The lowest BCUT2D eigenvalue weighted by atomic mass is 10.4. The standard InChI is InChI=1S/C10H18O3.C9H16O3/c1-4-5-6-12-7-8-13-10(11)9(2)3;1-3-5-6-11-7-8-12-9(10)4-2/h2,4-8H2,1,3H3;4H,2-3,5-8H2,1H3. The minimum Gasteiger partial charge on any atom is -0.460 e. The summed E-state index contributed by atoms with van der Waals surface area (Å²) in [5, 5.41) is 0. The summed E-state index contributed by atoms with van der Waals surface area (Å²) in [6.07, 6.45) is 5.48. The predicted octanol–water partition coefficient (Wildman–Crippen LogP) is 3.45. The van der Waals surface area contributed by atoms with Crippen molar-refractivity contribution < 1.29 is 28.5 Å². The van der Waals surface area contributed by atoms with Gasteiger partial charge in [-0.05, 0) is 19.8 Å². The van der Waals surface area contributed by atoms with Crippen molar-refractivity contribution in [1.82, 2.24) is 0 Å². The Kier molecular flexibility index (Phi) is 20.9. The molecule has 6 heteroatoms. The summed E-state index contributed by atoms with van der Waals surface area (Å²) in [4.78, 5) is 21.4. The van der Waals surface area contributed by atoms with E-state index in [9.17, 15) is 9.59 Å². The first-order valence-electron chi connectivity index (χ1n) is 8.76. The molecule has 0 aliphatic carbocycles. The van der Waals surface area contributed by atoms with E-state index in [4.69, 9.17) is 14.2 Å². The number of rotatable bonds is 14. The third-order valence-corrected chi connectivity index (χ3v) is 2.73. The van der Waals surface area contributed by atoms with E-state index in [1.165, 1.54) is 0 Å². The van der Waals surface area contributed by atoms with E-state index >= 15 is 0 Å². The van der Waals surface area contributed by atoms with Crippen LogP contribution in [0.25, 0.3) is 0 Å². The molecule has 0 amide bonds. The molecule has 0 aromatic heterocycles. The minimum atomic E-state index is -0.394. The number of esters is 2. The average Bonchev–Trinajstić information content (AvgIpc) is 2.61. The van der Waals surface area contributed by atoms with Gasteiger partial charge in [-0.2, -0.15) is 0 Å². The highest BCUT2D eigenvalue weighted by atomic mass is 16.6. The molecule has 0 rings (SSSR count). The zero-order valence-electron chi connectivity index (χ0n) is 16.0. The molecule has 0 spiro atoms. The first-order chi connectivity index (χ1) is 12.0. The van der Waals surface area contributed by atoms with E-state index in [0.29, 0.717) is 32.0 Å². The number of hydrogen-bond donors (Lipinski definition) is 0. The van der Waals surface area contributed by atoms with Gasteiger partial charge >= 0.3 is 11.9 Å². The van der Waals surface area contributed by atoms with Crippen molar-refractivity contribution in [3.8, 4) is 0 Å². The molecular weight excluding hydrogens is 324 g/mol. The monoisotopic (exact) mass is 358 g/mol. The molecule has 0 radical (unpaired) electrons. The molecule has 0 aliphatic heterocycles. The topological polar surface area (TPSA) is 71.1 Å². The number of unbranched alkanes of at least 4 members (excludes halogenated alkanes) is 2. The second kappa shape index (κ2) is 20.4. The molecule has 0 bridgehead atoms. The van der Waals surface area contributed by atoms with Crippen LogP contribution in [0.3, 0.4) is 0 Å². The van der Waals surface area contributed by atoms with Gasteiger partial charge in [0.1, 0.15) is 13.2 Å². The molecule has 0 heterocycles. The maximum Gasteiger partial charge on any atom is 0.333 e. The predicted molar refractivity (Wildman–Crippen MR) is 98.4 cm³/mol. The van der Waals surface area contributed by atoms with Gasteiger partial charge in [0.15, 0.2) is 0 Å². The fourth-order valence-electron chi connectivity index (χ4n) is 1.27. The van der Waals surface area contributed by atoms with Crippen LogP contribution >= 0.6 is 0 Å². The first kappa shape index (κ1) is 25.6. The zero-order chi connectivity index (χ0) is 19.3. The summed E-state index contributed by atoms with van der Waals surface area (Å²) in [6, 6.07) is 0. The third-order valence-electron chi connectivity index (χ3n) is 2.73. The van der Waals surface area contributed by atoms with Crippen LogP contribution in [0.4, 0.5) is 0 Å². The largest absolute Gasteiger partial charge is 0.460 e. The average molecular weight is 358 g/mol. The lowest BCUT2D eigenvalue weighted by Crippen LogP contribution is -2.11. The third kappa shape index (κ3) is 22.3. The van der Waals surface area contributed by atoms with E-state index in [-0.39, 0.29) is 5.97 Å². The molecule has 0 aromatic carbocycles. The fourth-order valence-corrected chi connectivity index (χ4v) is 1.27. The van der Waals surface area contributed by atoms with E-state index in [1.54, 1.807) is 6.92 Å². The Balaban J connectivity index is 0. The van der Waals surface area contributed by atoms with Gasteiger partial charge in [-0.1, -0.05) is 39.8 Å². The van der Waals surface area contributed by atoms with Gasteiger partial charge in [0, 0.05) is 24.9 Å². The SMILES string of the molecule is C=C(C)C(=O)OCCOCCCC.C=CC(=O)OCCOCCCC. The van der Waals surface area contributed by atoms with Crippen LogP contribution in [0.15, 0.2) is 24.8 Å². The zero-order valence-corrected chi connectivity index (χ0v) is 16.0. The lowest BCUT2D eigenvalue weighted by molar-refractivity contribution is -0.140. The normalized spacial score (nSPS) is 9.56. The Hall–Kier alpha value is -1.66. The highest BCUT2D eigenvalue weighted by molar-refractivity contribution is 5.86. The van der Waals surface area contributed by atoms with Gasteiger partial charge in [-0.25, -0.2) is 9.59 Å². The van der Waals surface area contributed by atoms with E-state index in [0.717, 1.165) is 45.0 Å². The van der Waals surface area contributed by atoms with Crippen molar-refractivity contribution >= 4 is 11.9 Å². The smallest absolute Gasteiger partial charge is 0.333 e. The van der Waals surface area contributed by atoms with Gasteiger partial charge in [0.2, 0.25) is 0 Å². The van der Waals surface area contributed by atoms with Crippen molar-refractivity contribution in [2.24, 2.45) is 0 Å². The lowest BCUT2D eigenvalue weighted by Gasteiger charge is -2.04. The Morgan fingerprint density at radius 3 is 1.72 bits per heavy atom. The summed E-state index contributed by atoms with van der Waals surface area (Å²) in [6.45, 7) is 15.6. The highest BCUT2D eigenvalue weighted by Gasteiger charge is 2.01. The molecule has 25 heavy (non-hydrogen) atoms. The van der Waals surface area contributed by atoms with E-state index in [2.05, 4.69) is 31.7 Å². The van der Waals surface area contributed by atoms with Crippen LogP contribution in [0.5, 0.6) is 0 Å². The van der Waals surface area contributed by atoms with Gasteiger partial charge < -0.3 is 18.9 Å². The molecule has 0 saturated heterocycles. The number of hydrogen-bond acceptors (Lipinski definition) is 6. The molecule has 0 N–H and O–H groups in total. The summed E-state index contributed by atoms with van der Waals surface area (Å²) in [5.41, 5.74) is 0.425. The van der Waals surface area contributed by atoms with Gasteiger partial charge in [-0.15, -0.1) is 0 Å². The molecule has 0 unspecified atom stereocenters. The van der Waals surface area contributed by atoms with Gasteiger partial charge in [-0.3, -0.25) is 0 Å². The molecule has 0 saturated carbocycles. The molecule has 6 nitrogen and oxygen atoms in total. The number of ether oxygens (including phenoxy) is 4. The molecule has 0 fully saturated rings. The van der Waals surface area contributed by atoms with Crippen molar-refractivity contribution in [3.63, 3.8) is 0 Å². The molecule has 0 aromatic rings. The summed E-state index contributed by atoms with van der Waals surface area (Å²) >= 11 is 0. The highest BCUT2D eigenvalue weighted by Crippen LogP contribution is 1.92. The van der Waals surface area contributed by atoms with Crippen LogP contribution in [0.1, 0.15) is 46.5 Å². The molecule has 0 atom stereocenters. The van der Waals surface area contributed by atoms with Crippen molar-refractivity contribution in [2.75, 3.05) is 39.6 Å². The number of carbonyl (C=O) groups excluding carboxylic acids is 2. The van der Waals surface area contributed by atoms with Crippen molar-refractivity contribution in [2.45, 2.75) is 46.5 Å². The van der Waals surface area contributed by atoms with E-state index < -0.39 is 5.97 Å². The second-order valence-electron chi connectivity index (χ2n) is 5.22. The summed E-state index contributed by atoms with van der Waals surface area (Å²) in [5.74, 6) is -0.742. The minimum absolute atomic E-state index is 0.314. The summed E-state index contributed by atoms with van der Waals surface area (Å²) in [7, 11) is 0. The Morgan fingerprint density at radius 2 is 1.32 bits per heavy atom. The molecular formula is C19H34O6. The Labute approximate surface area is 152 Å². The first-order valence-corrected chi connectivity index (χ1v) is 8.76. The van der Waals surface area contributed by atoms with Crippen LogP contribution in [0, 0.1) is 0 Å². The maximum atomic E-state index is 10.9. The maximum absolute atomic E-state index is 10.9. The van der Waals surface area contributed by atoms with E-state index in [1.807, 2.05) is 0 Å². The Bertz CT molecular complexity index is 365. The number of carbonyl (C=O) groups is 2. The van der Waals surface area contributed by atoms with Crippen LogP contribution in [0.2, 0.25) is 0 Å². The second-order valence-corrected chi connectivity index (χ2v) is 5.22. The fraction of sp³-hybridized carbons (Fsp3) is 0.684. The van der Waals surface area contributed by atoms with Gasteiger partial charge in [0.05, 0.1) is 13.2 Å².